The van der Waals surface area contributed by atoms with Crippen molar-refractivity contribution in [1.82, 2.24) is 10.2 Å². The molecule has 3 nitrogen and oxygen atoms in total. The molecule has 0 amide bonds. The summed E-state index contributed by atoms with van der Waals surface area (Å²) in [6, 6.07) is 4.84. The number of nitrogens with one attached hydrogen (secondary N) is 1. The zero-order valence-electron chi connectivity index (χ0n) is 11.7. The molecule has 0 aliphatic carbocycles. The van der Waals surface area contributed by atoms with Gasteiger partial charge in [-0.3, -0.25) is 0 Å². The van der Waals surface area contributed by atoms with Gasteiger partial charge in [-0.2, -0.15) is 0 Å². The highest BCUT2D eigenvalue weighted by molar-refractivity contribution is 5.29. The fraction of sp³-hybridized carbons (Fsp3) is 0.600. The SMILES string of the molecule is CC(NCC1CCCCN1C)c1ccc(O)cc1F. The topological polar surface area (TPSA) is 35.5 Å². The Balaban J connectivity index is 1.91. The molecule has 1 aromatic carbocycles. The summed E-state index contributed by atoms with van der Waals surface area (Å²) in [4.78, 5) is 2.37. The number of nitrogens with zero attached hydrogens (tertiary/aromatic N) is 1. The van der Waals surface area contributed by atoms with Gasteiger partial charge in [0.2, 0.25) is 0 Å². The second-order valence-electron chi connectivity index (χ2n) is 5.47. The molecule has 19 heavy (non-hydrogen) atoms. The number of hydrogen-bond donors (Lipinski definition) is 2. The first kappa shape index (κ1) is 14.3. The van der Waals surface area contributed by atoms with Crippen LogP contribution < -0.4 is 5.32 Å². The van der Waals surface area contributed by atoms with Gasteiger partial charge in [-0.1, -0.05) is 12.5 Å². The monoisotopic (exact) mass is 266 g/mol. The van der Waals surface area contributed by atoms with Crippen molar-refractivity contribution in [3.05, 3.63) is 29.6 Å². The van der Waals surface area contributed by atoms with Crippen molar-refractivity contribution in [2.24, 2.45) is 0 Å². The molecule has 1 aliphatic heterocycles. The van der Waals surface area contributed by atoms with Crippen LogP contribution in [-0.2, 0) is 0 Å². The Morgan fingerprint density at radius 1 is 1.47 bits per heavy atom. The lowest BCUT2D eigenvalue weighted by molar-refractivity contribution is 0.178. The summed E-state index contributed by atoms with van der Waals surface area (Å²) in [6.07, 6.45) is 3.75. The fourth-order valence-electron chi connectivity index (χ4n) is 2.69. The maximum atomic E-state index is 13.7. The van der Waals surface area contributed by atoms with Gasteiger partial charge < -0.3 is 15.3 Å². The molecule has 1 aromatic rings. The molecular formula is C15H23FN2O. The van der Waals surface area contributed by atoms with Gasteiger partial charge in [-0.05, 0) is 39.4 Å². The molecule has 106 valence electrons. The number of hydrogen-bond acceptors (Lipinski definition) is 3. The van der Waals surface area contributed by atoms with E-state index in [1.807, 2.05) is 6.92 Å². The van der Waals surface area contributed by atoms with E-state index in [0.29, 0.717) is 11.6 Å². The minimum absolute atomic E-state index is 0.0273. The Bertz CT molecular complexity index is 425. The number of likely N-dealkylation sites (N-methyl/N-ethyl adjacent to an activating group) is 1. The van der Waals surface area contributed by atoms with Crippen LogP contribution in [0, 0.1) is 5.82 Å². The van der Waals surface area contributed by atoms with E-state index in [4.69, 9.17) is 0 Å². The third-order valence-electron chi connectivity index (χ3n) is 4.03. The summed E-state index contributed by atoms with van der Waals surface area (Å²) < 4.78 is 13.7. The molecule has 1 saturated heterocycles. The Kier molecular flexibility index (Phi) is 4.77. The van der Waals surface area contributed by atoms with Crippen molar-refractivity contribution in [3.8, 4) is 5.75 Å². The van der Waals surface area contributed by atoms with E-state index < -0.39 is 0 Å². The second kappa shape index (κ2) is 6.35. The molecule has 2 atom stereocenters. The van der Waals surface area contributed by atoms with Gasteiger partial charge in [0.25, 0.3) is 0 Å². The quantitative estimate of drug-likeness (QED) is 0.879. The second-order valence-corrected chi connectivity index (χ2v) is 5.47. The number of phenolic OH excluding ortho intramolecular Hbond substituents is 1. The van der Waals surface area contributed by atoms with Crippen LogP contribution in [0.3, 0.4) is 0 Å². The third kappa shape index (κ3) is 3.67. The molecule has 0 bridgehead atoms. The molecule has 2 N–H and O–H groups in total. The fourth-order valence-corrected chi connectivity index (χ4v) is 2.69. The van der Waals surface area contributed by atoms with Crippen molar-refractivity contribution in [2.75, 3.05) is 20.1 Å². The predicted molar refractivity (Wildman–Crippen MR) is 74.8 cm³/mol. The average molecular weight is 266 g/mol. The lowest BCUT2D eigenvalue weighted by Gasteiger charge is -2.33. The molecule has 2 rings (SSSR count). The lowest BCUT2D eigenvalue weighted by Crippen LogP contribution is -2.43. The van der Waals surface area contributed by atoms with E-state index in [1.165, 1.54) is 31.4 Å². The highest BCUT2D eigenvalue weighted by Gasteiger charge is 2.20. The van der Waals surface area contributed by atoms with Crippen molar-refractivity contribution >= 4 is 0 Å². The summed E-state index contributed by atoms with van der Waals surface area (Å²) in [5, 5.41) is 12.6. The van der Waals surface area contributed by atoms with E-state index >= 15 is 0 Å². The van der Waals surface area contributed by atoms with Gasteiger partial charge in [0.1, 0.15) is 11.6 Å². The molecule has 0 radical (unpaired) electrons. The third-order valence-corrected chi connectivity index (χ3v) is 4.03. The molecule has 0 aromatic heterocycles. The molecule has 1 fully saturated rings. The number of phenols is 1. The first-order valence-corrected chi connectivity index (χ1v) is 7.00. The summed E-state index contributed by atoms with van der Waals surface area (Å²) in [5.74, 6) is -0.377. The molecule has 1 aliphatic rings. The van der Waals surface area contributed by atoms with Crippen LogP contribution in [-0.4, -0.2) is 36.2 Å². The van der Waals surface area contributed by atoms with Crippen LogP contribution >= 0.6 is 0 Å². The predicted octanol–water partition coefficient (Wildman–Crippen LogP) is 2.67. The van der Waals surface area contributed by atoms with Gasteiger partial charge in [-0.25, -0.2) is 4.39 Å². The van der Waals surface area contributed by atoms with Crippen LogP contribution in [0.4, 0.5) is 4.39 Å². The van der Waals surface area contributed by atoms with Crippen molar-refractivity contribution in [3.63, 3.8) is 0 Å². The Morgan fingerprint density at radius 3 is 2.95 bits per heavy atom. The number of rotatable bonds is 4. The first-order valence-electron chi connectivity index (χ1n) is 7.00. The van der Waals surface area contributed by atoms with Gasteiger partial charge in [-0.15, -0.1) is 0 Å². The number of benzene rings is 1. The van der Waals surface area contributed by atoms with Crippen LogP contribution in [0.25, 0.3) is 0 Å². The molecule has 2 unspecified atom stereocenters. The first-order chi connectivity index (χ1) is 9.08. The normalized spacial score (nSPS) is 22.4. The summed E-state index contributed by atoms with van der Waals surface area (Å²) in [7, 11) is 2.15. The van der Waals surface area contributed by atoms with E-state index in [2.05, 4.69) is 17.3 Å². The van der Waals surface area contributed by atoms with Gasteiger partial charge in [0.15, 0.2) is 0 Å². The van der Waals surface area contributed by atoms with Gasteiger partial charge in [0, 0.05) is 30.3 Å². The maximum absolute atomic E-state index is 13.7. The maximum Gasteiger partial charge on any atom is 0.131 e. The van der Waals surface area contributed by atoms with E-state index in [9.17, 15) is 9.50 Å². The Labute approximate surface area is 114 Å². The van der Waals surface area contributed by atoms with E-state index in [1.54, 1.807) is 6.07 Å². The molecule has 1 heterocycles. The molecule has 0 saturated carbocycles. The minimum atomic E-state index is -0.350. The standard InChI is InChI=1S/C15H23FN2O/c1-11(14-7-6-13(19)9-15(14)16)17-10-12-5-3-4-8-18(12)2/h6-7,9,11-12,17,19H,3-5,8,10H2,1-2H3. The number of piperidine rings is 1. The van der Waals surface area contributed by atoms with Gasteiger partial charge >= 0.3 is 0 Å². The number of likely N-dealkylation sites (tertiary alicyclic amines) is 1. The lowest BCUT2D eigenvalue weighted by atomic mass is 10.0. The number of halogens is 1. The summed E-state index contributed by atoms with van der Waals surface area (Å²) >= 11 is 0. The minimum Gasteiger partial charge on any atom is -0.508 e. The zero-order chi connectivity index (χ0) is 13.8. The average Bonchev–Trinajstić information content (AvgIpc) is 2.37. The van der Waals surface area contributed by atoms with Crippen molar-refractivity contribution in [2.45, 2.75) is 38.3 Å². The van der Waals surface area contributed by atoms with Crippen LogP contribution in [0.2, 0.25) is 0 Å². The van der Waals surface area contributed by atoms with E-state index in [0.717, 1.165) is 13.1 Å². The van der Waals surface area contributed by atoms with Crippen LogP contribution in [0.5, 0.6) is 5.75 Å². The highest BCUT2D eigenvalue weighted by Crippen LogP contribution is 2.21. The van der Waals surface area contributed by atoms with Crippen LogP contribution in [0.15, 0.2) is 18.2 Å². The molecule has 4 heteroatoms. The number of aromatic hydroxyl groups is 1. The van der Waals surface area contributed by atoms with Crippen LogP contribution in [0.1, 0.15) is 37.8 Å². The van der Waals surface area contributed by atoms with E-state index in [-0.39, 0.29) is 17.6 Å². The Morgan fingerprint density at radius 2 is 2.26 bits per heavy atom. The van der Waals surface area contributed by atoms with Crippen molar-refractivity contribution < 1.29 is 9.50 Å². The summed E-state index contributed by atoms with van der Waals surface area (Å²) in [5.41, 5.74) is 0.608. The summed E-state index contributed by atoms with van der Waals surface area (Å²) in [6.45, 7) is 3.98. The van der Waals surface area contributed by atoms with Gasteiger partial charge in [0.05, 0.1) is 0 Å². The molecule has 0 spiro atoms. The van der Waals surface area contributed by atoms with Crippen molar-refractivity contribution in [1.29, 1.82) is 0 Å². The smallest absolute Gasteiger partial charge is 0.131 e. The zero-order valence-corrected chi connectivity index (χ0v) is 11.7. The molecular weight excluding hydrogens is 243 g/mol. The largest absolute Gasteiger partial charge is 0.508 e. The highest BCUT2D eigenvalue weighted by atomic mass is 19.1. The Hall–Kier alpha value is -1.13.